The number of hydroxylamine groups is 1. The SMILES string of the molecule is C#CCCNOC1CCCC1. The zero-order chi connectivity index (χ0) is 7.94. The lowest BCUT2D eigenvalue weighted by Gasteiger charge is -2.09. The van der Waals surface area contributed by atoms with Gasteiger partial charge in [0.05, 0.1) is 6.10 Å². The van der Waals surface area contributed by atoms with Crippen molar-refractivity contribution in [2.24, 2.45) is 0 Å². The van der Waals surface area contributed by atoms with Crippen LogP contribution in [0.25, 0.3) is 0 Å². The Hall–Kier alpha value is -0.520. The number of hydrogen-bond donors (Lipinski definition) is 1. The maximum absolute atomic E-state index is 5.36. The van der Waals surface area contributed by atoms with Gasteiger partial charge in [-0.1, -0.05) is 12.8 Å². The standard InChI is InChI=1S/C9H15NO/c1-2-3-8-10-11-9-6-4-5-7-9/h1,9-10H,3-8H2. The highest BCUT2D eigenvalue weighted by Gasteiger charge is 2.14. The van der Waals surface area contributed by atoms with Crippen molar-refractivity contribution in [2.45, 2.75) is 38.2 Å². The zero-order valence-corrected chi connectivity index (χ0v) is 6.81. The first-order chi connectivity index (χ1) is 5.43. The Balaban J connectivity index is 1.90. The van der Waals surface area contributed by atoms with Gasteiger partial charge in [0.15, 0.2) is 0 Å². The molecule has 1 rings (SSSR count). The molecule has 0 atom stereocenters. The first kappa shape index (κ1) is 8.58. The van der Waals surface area contributed by atoms with E-state index < -0.39 is 0 Å². The van der Waals surface area contributed by atoms with Gasteiger partial charge in [-0.2, -0.15) is 0 Å². The van der Waals surface area contributed by atoms with E-state index in [0.717, 1.165) is 13.0 Å². The number of rotatable bonds is 4. The quantitative estimate of drug-likeness (QED) is 0.375. The van der Waals surface area contributed by atoms with Gasteiger partial charge in [-0.3, -0.25) is 4.84 Å². The molecule has 1 N–H and O–H groups in total. The first-order valence-electron chi connectivity index (χ1n) is 4.25. The molecule has 1 saturated carbocycles. The fraction of sp³-hybridized carbons (Fsp3) is 0.778. The van der Waals surface area contributed by atoms with E-state index in [0.29, 0.717) is 6.10 Å². The lowest BCUT2D eigenvalue weighted by atomic mass is 10.3. The third-order valence-electron chi connectivity index (χ3n) is 1.92. The lowest BCUT2D eigenvalue weighted by molar-refractivity contribution is -0.0193. The van der Waals surface area contributed by atoms with Gasteiger partial charge >= 0.3 is 0 Å². The van der Waals surface area contributed by atoms with Gasteiger partial charge in [0.1, 0.15) is 0 Å². The van der Waals surface area contributed by atoms with Crippen LogP contribution in [0.3, 0.4) is 0 Å². The van der Waals surface area contributed by atoms with Crippen LogP contribution in [0.2, 0.25) is 0 Å². The maximum atomic E-state index is 5.36. The molecular weight excluding hydrogens is 138 g/mol. The second-order valence-electron chi connectivity index (χ2n) is 2.87. The first-order valence-corrected chi connectivity index (χ1v) is 4.25. The molecule has 0 spiro atoms. The van der Waals surface area contributed by atoms with Gasteiger partial charge in [0.25, 0.3) is 0 Å². The molecule has 11 heavy (non-hydrogen) atoms. The van der Waals surface area contributed by atoms with E-state index in [4.69, 9.17) is 11.3 Å². The Morgan fingerprint density at radius 3 is 2.82 bits per heavy atom. The summed E-state index contributed by atoms with van der Waals surface area (Å²) in [5, 5.41) is 0. The van der Waals surface area contributed by atoms with Crippen LogP contribution < -0.4 is 5.48 Å². The minimum absolute atomic E-state index is 0.438. The number of nitrogens with one attached hydrogen (secondary N) is 1. The number of hydrogen-bond acceptors (Lipinski definition) is 2. The van der Waals surface area contributed by atoms with Crippen LogP contribution >= 0.6 is 0 Å². The molecule has 1 aliphatic rings. The highest BCUT2D eigenvalue weighted by Crippen LogP contribution is 2.19. The monoisotopic (exact) mass is 153 g/mol. The van der Waals surface area contributed by atoms with Crippen LogP contribution in [0.1, 0.15) is 32.1 Å². The molecule has 0 aromatic heterocycles. The van der Waals surface area contributed by atoms with E-state index in [1.165, 1.54) is 25.7 Å². The molecule has 2 heteroatoms. The Morgan fingerprint density at radius 1 is 1.45 bits per heavy atom. The molecule has 0 unspecified atom stereocenters. The van der Waals surface area contributed by atoms with Crippen LogP contribution in [0.5, 0.6) is 0 Å². The molecular formula is C9H15NO. The molecule has 0 aliphatic heterocycles. The zero-order valence-electron chi connectivity index (χ0n) is 6.81. The minimum Gasteiger partial charge on any atom is -0.298 e. The summed E-state index contributed by atoms with van der Waals surface area (Å²) in [6.45, 7) is 0.771. The second-order valence-corrected chi connectivity index (χ2v) is 2.87. The third-order valence-corrected chi connectivity index (χ3v) is 1.92. The van der Waals surface area contributed by atoms with Crippen LogP contribution in [0.4, 0.5) is 0 Å². The van der Waals surface area contributed by atoms with E-state index in [1.54, 1.807) is 0 Å². The smallest absolute Gasteiger partial charge is 0.0790 e. The summed E-state index contributed by atoms with van der Waals surface area (Å²) in [5.74, 6) is 2.55. The molecule has 0 bridgehead atoms. The topological polar surface area (TPSA) is 21.3 Å². The highest BCUT2D eigenvalue weighted by atomic mass is 16.7. The average molecular weight is 153 g/mol. The van der Waals surface area contributed by atoms with E-state index in [2.05, 4.69) is 11.4 Å². The molecule has 0 aromatic rings. The van der Waals surface area contributed by atoms with Gasteiger partial charge in [0.2, 0.25) is 0 Å². The molecule has 0 aromatic carbocycles. The summed E-state index contributed by atoms with van der Waals surface area (Å²) in [4.78, 5) is 5.36. The van der Waals surface area contributed by atoms with E-state index in [-0.39, 0.29) is 0 Å². The van der Waals surface area contributed by atoms with Crippen molar-refractivity contribution in [1.29, 1.82) is 0 Å². The average Bonchev–Trinajstić information content (AvgIpc) is 2.50. The lowest BCUT2D eigenvalue weighted by Crippen LogP contribution is -2.22. The fourth-order valence-corrected chi connectivity index (χ4v) is 1.31. The second kappa shape index (κ2) is 5.17. The molecule has 0 heterocycles. The van der Waals surface area contributed by atoms with Gasteiger partial charge in [0, 0.05) is 13.0 Å². The predicted molar refractivity (Wildman–Crippen MR) is 44.8 cm³/mol. The van der Waals surface area contributed by atoms with Crippen molar-refractivity contribution in [3.05, 3.63) is 0 Å². The van der Waals surface area contributed by atoms with Crippen molar-refractivity contribution in [1.82, 2.24) is 5.48 Å². The molecule has 0 saturated heterocycles. The number of terminal acetylenes is 1. The van der Waals surface area contributed by atoms with Crippen molar-refractivity contribution in [3.63, 3.8) is 0 Å². The molecule has 1 fully saturated rings. The predicted octanol–water partition coefficient (Wildman–Crippen LogP) is 1.47. The summed E-state index contributed by atoms with van der Waals surface area (Å²) in [6, 6.07) is 0. The Kier molecular flexibility index (Phi) is 4.03. The van der Waals surface area contributed by atoms with E-state index in [1.807, 2.05) is 0 Å². The fourth-order valence-electron chi connectivity index (χ4n) is 1.31. The van der Waals surface area contributed by atoms with Crippen LogP contribution in [0.15, 0.2) is 0 Å². The normalized spacial score (nSPS) is 18.5. The van der Waals surface area contributed by atoms with Gasteiger partial charge in [-0.15, -0.1) is 12.3 Å². The summed E-state index contributed by atoms with van der Waals surface area (Å²) in [5.41, 5.74) is 2.89. The van der Waals surface area contributed by atoms with Crippen LogP contribution in [-0.4, -0.2) is 12.6 Å². The summed E-state index contributed by atoms with van der Waals surface area (Å²) >= 11 is 0. The molecule has 0 radical (unpaired) electrons. The Bertz CT molecular complexity index is 133. The van der Waals surface area contributed by atoms with Crippen LogP contribution in [-0.2, 0) is 4.84 Å². The van der Waals surface area contributed by atoms with Crippen LogP contribution in [0, 0.1) is 12.3 Å². The summed E-state index contributed by atoms with van der Waals surface area (Å²) < 4.78 is 0. The maximum Gasteiger partial charge on any atom is 0.0790 e. The molecule has 0 amide bonds. The van der Waals surface area contributed by atoms with E-state index >= 15 is 0 Å². The summed E-state index contributed by atoms with van der Waals surface area (Å²) in [6.07, 6.45) is 11.3. The van der Waals surface area contributed by atoms with Gasteiger partial charge in [-0.25, -0.2) is 5.48 Å². The van der Waals surface area contributed by atoms with Gasteiger partial charge in [-0.05, 0) is 12.8 Å². The van der Waals surface area contributed by atoms with Crippen molar-refractivity contribution in [2.75, 3.05) is 6.54 Å². The molecule has 62 valence electrons. The third kappa shape index (κ3) is 3.41. The highest BCUT2D eigenvalue weighted by molar-refractivity contribution is 4.83. The van der Waals surface area contributed by atoms with Crippen molar-refractivity contribution >= 4 is 0 Å². The van der Waals surface area contributed by atoms with Crippen molar-refractivity contribution in [3.8, 4) is 12.3 Å². The Morgan fingerprint density at radius 2 is 2.18 bits per heavy atom. The summed E-state index contributed by atoms with van der Waals surface area (Å²) in [7, 11) is 0. The molecule has 1 aliphatic carbocycles. The van der Waals surface area contributed by atoms with E-state index in [9.17, 15) is 0 Å². The largest absolute Gasteiger partial charge is 0.298 e. The molecule has 2 nitrogen and oxygen atoms in total. The Labute approximate surface area is 68.3 Å². The van der Waals surface area contributed by atoms with Gasteiger partial charge < -0.3 is 0 Å². The minimum atomic E-state index is 0.438. The van der Waals surface area contributed by atoms with Crippen molar-refractivity contribution < 1.29 is 4.84 Å².